The molecule has 0 aliphatic heterocycles. The fourth-order valence-corrected chi connectivity index (χ4v) is 4.36. The molecule has 0 spiro atoms. The molecule has 0 bridgehead atoms. The van der Waals surface area contributed by atoms with Gasteiger partial charge in [0.2, 0.25) is 0 Å². The first-order valence-corrected chi connectivity index (χ1v) is 12.6. The van der Waals surface area contributed by atoms with Crippen LogP contribution in [0.15, 0.2) is 0 Å². The van der Waals surface area contributed by atoms with Gasteiger partial charge in [0.05, 0.1) is 5.56 Å². The van der Waals surface area contributed by atoms with Crippen LogP contribution in [-0.2, 0) is 19.3 Å². The molecule has 0 saturated heterocycles. The first-order valence-electron chi connectivity index (χ1n) is 12.6. The van der Waals surface area contributed by atoms with E-state index in [1.807, 2.05) is 6.92 Å². The molecule has 0 nitrogen and oxygen atoms in total. The molecule has 170 valence electrons. The Kier molecular flexibility index (Phi) is 14.5. The molecule has 1 rings (SSSR count). The van der Waals surface area contributed by atoms with Gasteiger partial charge in [-0.25, -0.2) is 8.78 Å². The van der Waals surface area contributed by atoms with Crippen LogP contribution in [0.2, 0.25) is 0 Å². The van der Waals surface area contributed by atoms with E-state index in [4.69, 9.17) is 6.42 Å². The molecule has 0 aliphatic rings. The Hall–Kier alpha value is -1.36. The highest BCUT2D eigenvalue weighted by Crippen LogP contribution is 2.29. The quantitative estimate of drug-likeness (QED) is 0.175. The van der Waals surface area contributed by atoms with Crippen LogP contribution < -0.4 is 0 Å². The van der Waals surface area contributed by atoms with Crippen molar-refractivity contribution in [3.63, 3.8) is 0 Å². The highest BCUT2D eigenvalue weighted by Gasteiger charge is 2.22. The summed E-state index contributed by atoms with van der Waals surface area (Å²) in [5.41, 5.74) is 1.69. The van der Waals surface area contributed by atoms with Gasteiger partial charge < -0.3 is 0 Å². The van der Waals surface area contributed by atoms with Crippen molar-refractivity contribution in [1.29, 1.82) is 0 Å². The Balaban J connectivity index is 2.79. The molecule has 1 aromatic carbocycles. The van der Waals surface area contributed by atoms with E-state index < -0.39 is 0 Å². The Morgan fingerprint density at radius 3 is 1.37 bits per heavy atom. The molecule has 2 heteroatoms. The molecule has 0 amide bonds. The highest BCUT2D eigenvalue weighted by molar-refractivity contribution is 5.49. The third kappa shape index (κ3) is 8.79. The fourth-order valence-electron chi connectivity index (χ4n) is 4.36. The second kappa shape index (κ2) is 16.3. The van der Waals surface area contributed by atoms with E-state index in [1.54, 1.807) is 0 Å². The third-order valence-corrected chi connectivity index (χ3v) is 6.24. The Morgan fingerprint density at radius 1 is 0.567 bits per heavy atom. The van der Waals surface area contributed by atoms with Gasteiger partial charge in [0.1, 0.15) is 11.6 Å². The smallest absolute Gasteiger partial charge is 0.142 e. The molecule has 0 radical (unpaired) electrons. The van der Waals surface area contributed by atoms with E-state index in [9.17, 15) is 0 Å². The number of halogens is 2. The van der Waals surface area contributed by atoms with Crippen molar-refractivity contribution in [3.05, 3.63) is 33.9 Å². The molecule has 0 heterocycles. The molecule has 0 aliphatic carbocycles. The largest absolute Gasteiger partial charge is 0.206 e. The predicted molar refractivity (Wildman–Crippen MR) is 127 cm³/mol. The second-order valence-corrected chi connectivity index (χ2v) is 8.68. The predicted octanol–water partition coefficient (Wildman–Crippen LogP) is 9.09. The normalized spacial score (nSPS) is 11.1. The fraction of sp³-hybridized carbons (Fsp3) is 0.714. The first kappa shape index (κ1) is 26.7. The van der Waals surface area contributed by atoms with Crippen molar-refractivity contribution in [2.45, 2.75) is 130 Å². The van der Waals surface area contributed by atoms with Crippen molar-refractivity contribution in [2.75, 3.05) is 0 Å². The van der Waals surface area contributed by atoms with E-state index in [1.165, 1.54) is 64.2 Å². The van der Waals surface area contributed by atoms with Gasteiger partial charge in [0.25, 0.3) is 0 Å². The maximum atomic E-state index is 15.3. The molecule has 0 aromatic heterocycles. The van der Waals surface area contributed by atoms with Gasteiger partial charge in [0, 0.05) is 5.56 Å². The van der Waals surface area contributed by atoms with Gasteiger partial charge >= 0.3 is 0 Å². The number of terminal acetylenes is 1. The minimum Gasteiger partial charge on any atom is -0.206 e. The highest BCUT2D eigenvalue weighted by atomic mass is 19.1. The second-order valence-electron chi connectivity index (χ2n) is 8.68. The molecule has 0 unspecified atom stereocenters. The van der Waals surface area contributed by atoms with Gasteiger partial charge in [0.15, 0.2) is 0 Å². The summed E-state index contributed by atoms with van der Waals surface area (Å²) in [6.45, 7) is 6.29. The molecule has 0 N–H and O–H groups in total. The molecule has 0 fully saturated rings. The molecule has 1 aromatic rings. The number of rotatable bonds is 17. The van der Waals surface area contributed by atoms with Crippen LogP contribution in [0.25, 0.3) is 0 Å². The standard InChI is InChI=1S/C28H44F2/c1-5-9-11-13-15-17-19-21-25-26(22-20-18-16-14-12-10-6-2)28(30)24(8-4)23(7-3)27(25)29/h3H,5-6,8-22H2,1-2,4H3. The maximum Gasteiger partial charge on any atom is 0.142 e. The Labute approximate surface area is 185 Å². The van der Waals surface area contributed by atoms with Crippen LogP contribution in [0.1, 0.15) is 133 Å². The number of unbranched alkanes of at least 4 members (excludes halogenated alkanes) is 12. The topological polar surface area (TPSA) is 0 Å². The van der Waals surface area contributed by atoms with Crippen LogP contribution in [0.3, 0.4) is 0 Å². The van der Waals surface area contributed by atoms with Crippen molar-refractivity contribution >= 4 is 0 Å². The molecular formula is C28H44F2. The number of hydrogen-bond donors (Lipinski definition) is 0. The zero-order valence-electron chi connectivity index (χ0n) is 19.9. The zero-order chi connectivity index (χ0) is 22.2. The van der Waals surface area contributed by atoms with Crippen LogP contribution in [0.4, 0.5) is 8.78 Å². The van der Waals surface area contributed by atoms with E-state index in [0.717, 1.165) is 25.7 Å². The minimum atomic E-state index is -0.334. The average molecular weight is 419 g/mol. The molecule has 30 heavy (non-hydrogen) atoms. The number of hydrogen-bond acceptors (Lipinski definition) is 0. The van der Waals surface area contributed by atoms with Crippen LogP contribution in [0.5, 0.6) is 0 Å². The lowest BCUT2D eigenvalue weighted by Gasteiger charge is -2.17. The molecule has 0 saturated carbocycles. The summed E-state index contributed by atoms with van der Waals surface area (Å²) in [6, 6.07) is 0. The molecular weight excluding hydrogens is 374 g/mol. The first-order chi connectivity index (χ1) is 14.6. The summed E-state index contributed by atoms with van der Waals surface area (Å²) in [5.74, 6) is 1.86. The monoisotopic (exact) mass is 418 g/mol. The summed E-state index contributed by atoms with van der Waals surface area (Å²) in [4.78, 5) is 0. The lowest BCUT2D eigenvalue weighted by molar-refractivity contribution is 0.532. The summed E-state index contributed by atoms with van der Waals surface area (Å²) in [6.07, 6.45) is 23.6. The van der Waals surface area contributed by atoms with Crippen LogP contribution >= 0.6 is 0 Å². The van der Waals surface area contributed by atoms with E-state index >= 15 is 8.78 Å². The van der Waals surface area contributed by atoms with Crippen molar-refractivity contribution < 1.29 is 8.78 Å². The Bertz CT molecular complexity index is 639. The Morgan fingerprint density at radius 2 is 0.967 bits per heavy atom. The third-order valence-electron chi connectivity index (χ3n) is 6.24. The van der Waals surface area contributed by atoms with Crippen molar-refractivity contribution in [2.24, 2.45) is 0 Å². The van der Waals surface area contributed by atoms with Crippen molar-refractivity contribution in [1.82, 2.24) is 0 Å². The van der Waals surface area contributed by atoms with Gasteiger partial charge in [-0.05, 0) is 43.2 Å². The summed E-state index contributed by atoms with van der Waals surface area (Å²) < 4.78 is 30.5. The van der Waals surface area contributed by atoms with Gasteiger partial charge in [-0.15, -0.1) is 6.42 Å². The zero-order valence-corrected chi connectivity index (χ0v) is 19.9. The van der Waals surface area contributed by atoms with Crippen LogP contribution in [-0.4, -0.2) is 0 Å². The van der Waals surface area contributed by atoms with Crippen LogP contribution in [0, 0.1) is 24.0 Å². The lowest BCUT2D eigenvalue weighted by Crippen LogP contribution is -2.10. The maximum absolute atomic E-state index is 15.3. The van der Waals surface area contributed by atoms with E-state index in [-0.39, 0.29) is 17.2 Å². The minimum absolute atomic E-state index is 0.149. The number of benzene rings is 1. The summed E-state index contributed by atoms with van der Waals surface area (Å²) in [7, 11) is 0. The SMILES string of the molecule is C#Cc1c(F)c(CCCCCCCCC)c(CCCCCCCCC)c(F)c1CC. The lowest BCUT2D eigenvalue weighted by atomic mass is 9.89. The summed E-state index contributed by atoms with van der Waals surface area (Å²) in [5, 5.41) is 0. The van der Waals surface area contributed by atoms with Crippen molar-refractivity contribution in [3.8, 4) is 12.3 Å². The van der Waals surface area contributed by atoms with E-state index in [2.05, 4.69) is 19.8 Å². The van der Waals surface area contributed by atoms with Gasteiger partial charge in [-0.1, -0.05) is 104 Å². The van der Waals surface area contributed by atoms with Gasteiger partial charge in [-0.3, -0.25) is 0 Å². The van der Waals surface area contributed by atoms with E-state index in [0.29, 0.717) is 36.0 Å². The average Bonchev–Trinajstić information content (AvgIpc) is 2.75. The molecule has 0 atom stereocenters. The summed E-state index contributed by atoms with van der Waals surface area (Å²) >= 11 is 0. The van der Waals surface area contributed by atoms with Gasteiger partial charge in [-0.2, -0.15) is 0 Å².